The van der Waals surface area contributed by atoms with Crippen molar-refractivity contribution in [3.05, 3.63) is 41.2 Å². The molecule has 1 aromatic heterocycles. The summed E-state index contributed by atoms with van der Waals surface area (Å²) in [6.07, 6.45) is 1.53. The summed E-state index contributed by atoms with van der Waals surface area (Å²) in [6, 6.07) is 10.5. The lowest BCUT2D eigenvalue weighted by atomic mass is 9.97. The largest absolute Gasteiger partial charge is 0.361 e. The topological polar surface area (TPSA) is 49.8 Å². The van der Waals surface area contributed by atoms with E-state index in [1.54, 1.807) is 0 Å². The summed E-state index contributed by atoms with van der Waals surface area (Å²) in [5.41, 5.74) is 4.29. The predicted molar refractivity (Wildman–Crippen MR) is 63.2 cm³/mol. The Balaban J connectivity index is 2.25. The van der Waals surface area contributed by atoms with Gasteiger partial charge in [-0.25, -0.2) is 0 Å². The number of nitrogens with zero attached hydrogens (tertiary/aromatic N) is 2. The van der Waals surface area contributed by atoms with E-state index < -0.39 is 0 Å². The zero-order valence-corrected chi connectivity index (χ0v) is 9.60. The van der Waals surface area contributed by atoms with Crippen LogP contribution in [0.15, 0.2) is 28.8 Å². The molecule has 3 nitrogen and oxygen atoms in total. The lowest BCUT2D eigenvalue weighted by Gasteiger charge is -2.05. The van der Waals surface area contributed by atoms with Crippen molar-refractivity contribution >= 4 is 0 Å². The molecule has 1 aliphatic rings. The second kappa shape index (κ2) is 3.74. The molecule has 0 saturated heterocycles. The van der Waals surface area contributed by atoms with Crippen LogP contribution in [-0.4, -0.2) is 5.16 Å². The highest BCUT2D eigenvalue weighted by molar-refractivity contribution is 5.68. The van der Waals surface area contributed by atoms with Gasteiger partial charge in [0.25, 0.3) is 0 Å². The van der Waals surface area contributed by atoms with Gasteiger partial charge in [-0.15, -0.1) is 0 Å². The van der Waals surface area contributed by atoms with E-state index in [1.165, 1.54) is 5.56 Å². The van der Waals surface area contributed by atoms with Gasteiger partial charge in [0.15, 0.2) is 0 Å². The Morgan fingerprint density at radius 1 is 1.35 bits per heavy atom. The Morgan fingerprint density at radius 2 is 2.18 bits per heavy atom. The number of nitriles is 1. The zero-order valence-electron chi connectivity index (χ0n) is 9.60. The molecule has 2 aromatic rings. The molecule has 1 aromatic carbocycles. The first-order valence-electron chi connectivity index (χ1n) is 5.72. The van der Waals surface area contributed by atoms with E-state index in [0.717, 1.165) is 35.4 Å². The van der Waals surface area contributed by atoms with Crippen LogP contribution >= 0.6 is 0 Å². The molecule has 0 spiro atoms. The molecule has 84 valence electrons. The molecule has 0 fully saturated rings. The third kappa shape index (κ3) is 1.53. The molecular formula is C14H12N2O. The number of hydrogen-bond acceptors (Lipinski definition) is 3. The van der Waals surface area contributed by atoms with E-state index in [0.29, 0.717) is 0 Å². The monoisotopic (exact) mass is 224 g/mol. The molecule has 1 unspecified atom stereocenters. The van der Waals surface area contributed by atoms with Crippen LogP contribution in [0.4, 0.5) is 0 Å². The summed E-state index contributed by atoms with van der Waals surface area (Å²) in [7, 11) is 0. The maximum absolute atomic E-state index is 9.19. The molecule has 3 heteroatoms. The zero-order chi connectivity index (χ0) is 11.8. The molecule has 0 radical (unpaired) electrons. The molecule has 0 bridgehead atoms. The Bertz CT molecular complexity index is 607. The highest BCUT2D eigenvalue weighted by Gasteiger charge is 2.25. The highest BCUT2D eigenvalue weighted by Crippen LogP contribution is 2.34. The van der Waals surface area contributed by atoms with Crippen LogP contribution in [0, 0.1) is 24.2 Å². The molecule has 1 heterocycles. The highest BCUT2D eigenvalue weighted by atomic mass is 16.5. The molecule has 1 aliphatic carbocycles. The number of rotatable bonds is 0. The van der Waals surface area contributed by atoms with E-state index in [4.69, 9.17) is 4.52 Å². The minimum atomic E-state index is 0.00972. The first-order valence-corrected chi connectivity index (χ1v) is 5.72. The van der Waals surface area contributed by atoms with Crippen molar-refractivity contribution in [1.29, 1.82) is 5.26 Å². The summed E-state index contributed by atoms with van der Waals surface area (Å²) in [6.45, 7) is 1.91. The van der Waals surface area contributed by atoms with E-state index in [2.05, 4.69) is 23.4 Å². The number of hydrogen-bond donors (Lipinski definition) is 0. The molecule has 0 saturated carbocycles. The summed E-state index contributed by atoms with van der Waals surface area (Å²) >= 11 is 0. The quantitative estimate of drug-likeness (QED) is 0.691. The fourth-order valence-electron chi connectivity index (χ4n) is 2.45. The second-order valence-corrected chi connectivity index (χ2v) is 4.46. The average molecular weight is 224 g/mol. The average Bonchev–Trinajstić information content (AvgIpc) is 2.62. The van der Waals surface area contributed by atoms with Crippen molar-refractivity contribution < 1.29 is 4.52 Å². The maximum Gasteiger partial charge on any atom is 0.137 e. The van der Waals surface area contributed by atoms with Gasteiger partial charge < -0.3 is 4.52 Å². The van der Waals surface area contributed by atoms with Crippen molar-refractivity contribution in [2.45, 2.75) is 19.8 Å². The van der Waals surface area contributed by atoms with Gasteiger partial charge in [-0.1, -0.05) is 29.4 Å². The van der Waals surface area contributed by atoms with Crippen LogP contribution in [0.1, 0.15) is 16.9 Å². The molecular weight excluding hydrogens is 212 g/mol. The van der Waals surface area contributed by atoms with Crippen LogP contribution in [-0.2, 0) is 12.8 Å². The Labute approximate surface area is 99.7 Å². The maximum atomic E-state index is 9.19. The van der Waals surface area contributed by atoms with Gasteiger partial charge in [-0.05, 0) is 25.3 Å². The standard InChI is InChI=1S/C14H12N2O/c1-9-13-7-10(8-15)6-11-4-2-3-5-12(11)14(13)16-17-9/h2-5,10H,6-7H2,1H3. The predicted octanol–water partition coefficient (Wildman–Crippen LogP) is 2.89. The molecule has 1 atom stereocenters. The van der Waals surface area contributed by atoms with Crippen molar-refractivity contribution in [3.8, 4) is 17.3 Å². The molecule has 3 rings (SSSR count). The van der Waals surface area contributed by atoms with Crippen molar-refractivity contribution in [2.75, 3.05) is 0 Å². The van der Waals surface area contributed by atoms with Gasteiger partial charge in [-0.3, -0.25) is 0 Å². The van der Waals surface area contributed by atoms with E-state index in [1.807, 2.05) is 19.1 Å². The lowest BCUT2D eigenvalue weighted by Crippen LogP contribution is -2.04. The Morgan fingerprint density at radius 3 is 3.00 bits per heavy atom. The van der Waals surface area contributed by atoms with Gasteiger partial charge in [-0.2, -0.15) is 5.26 Å². The summed E-state index contributed by atoms with van der Waals surface area (Å²) in [5.74, 6) is 0.840. The van der Waals surface area contributed by atoms with Crippen LogP contribution in [0.5, 0.6) is 0 Å². The third-order valence-electron chi connectivity index (χ3n) is 3.36. The molecule has 0 N–H and O–H groups in total. The molecule has 0 aliphatic heterocycles. The summed E-state index contributed by atoms with van der Waals surface area (Å²) in [5, 5.41) is 13.3. The van der Waals surface area contributed by atoms with Gasteiger partial charge in [0.2, 0.25) is 0 Å². The third-order valence-corrected chi connectivity index (χ3v) is 3.36. The smallest absolute Gasteiger partial charge is 0.137 e. The molecule has 0 amide bonds. The van der Waals surface area contributed by atoms with Crippen LogP contribution in [0.2, 0.25) is 0 Å². The minimum absolute atomic E-state index is 0.00972. The van der Waals surface area contributed by atoms with Crippen molar-refractivity contribution in [1.82, 2.24) is 5.16 Å². The SMILES string of the molecule is Cc1onc2c1CC(C#N)Cc1ccccc1-2. The van der Waals surface area contributed by atoms with E-state index >= 15 is 0 Å². The first-order chi connectivity index (χ1) is 8.29. The fraction of sp³-hybridized carbons (Fsp3) is 0.286. The van der Waals surface area contributed by atoms with E-state index in [-0.39, 0.29) is 5.92 Å². The van der Waals surface area contributed by atoms with Crippen LogP contribution in [0.25, 0.3) is 11.3 Å². The van der Waals surface area contributed by atoms with Gasteiger partial charge >= 0.3 is 0 Å². The van der Waals surface area contributed by atoms with E-state index in [9.17, 15) is 5.26 Å². The van der Waals surface area contributed by atoms with Crippen LogP contribution < -0.4 is 0 Å². The number of fused-ring (bicyclic) bond motifs is 3. The number of aryl methyl sites for hydroxylation is 1. The molecule has 17 heavy (non-hydrogen) atoms. The summed E-state index contributed by atoms with van der Waals surface area (Å²) < 4.78 is 5.26. The lowest BCUT2D eigenvalue weighted by molar-refractivity contribution is 0.397. The second-order valence-electron chi connectivity index (χ2n) is 4.46. The number of aromatic nitrogens is 1. The number of benzene rings is 1. The van der Waals surface area contributed by atoms with Gasteiger partial charge in [0.05, 0.1) is 12.0 Å². The first kappa shape index (κ1) is 10.1. The normalized spacial score (nSPS) is 17.8. The van der Waals surface area contributed by atoms with Gasteiger partial charge in [0.1, 0.15) is 11.5 Å². The van der Waals surface area contributed by atoms with Crippen molar-refractivity contribution in [2.24, 2.45) is 5.92 Å². The fourth-order valence-corrected chi connectivity index (χ4v) is 2.45. The Hall–Kier alpha value is -2.08. The van der Waals surface area contributed by atoms with Crippen LogP contribution in [0.3, 0.4) is 0 Å². The Kier molecular flexibility index (Phi) is 2.22. The summed E-state index contributed by atoms with van der Waals surface area (Å²) in [4.78, 5) is 0. The minimum Gasteiger partial charge on any atom is -0.361 e. The van der Waals surface area contributed by atoms with Gasteiger partial charge in [0, 0.05) is 11.1 Å². The van der Waals surface area contributed by atoms with Crippen molar-refractivity contribution in [3.63, 3.8) is 0 Å².